The maximum atomic E-state index is 12.6. The van der Waals surface area contributed by atoms with Gasteiger partial charge in [-0.15, -0.1) is 0 Å². The standard InChI is InChI=1S/C17H30N2O2/c1-2-21-16(20)17(11-12-19(13-17)15-9-10-15)18-14-7-5-3-4-6-8-14/h14-15,18H,2-13H2,1H3. The van der Waals surface area contributed by atoms with Crippen LogP contribution in [-0.2, 0) is 9.53 Å². The van der Waals surface area contributed by atoms with Crippen molar-refractivity contribution in [1.29, 1.82) is 0 Å². The molecule has 1 aliphatic heterocycles. The molecule has 2 saturated carbocycles. The average Bonchev–Trinajstić information content (AvgIpc) is 3.27. The van der Waals surface area contributed by atoms with Gasteiger partial charge in [0.1, 0.15) is 5.54 Å². The van der Waals surface area contributed by atoms with Crippen LogP contribution in [0.25, 0.3) is 0 Å². The molecule has 3 fully saturated rings. The molecule has 120 valence electrons. The molecule has 0 radical (unpaired) electrons. The molecular weight excluding hydrogens is 264 g/mol. The molecule has 1 N–H and O–H groups in total. The van der Waals surface area contributed by atoms with Crippen LogP contribution in [0.5, 0.6) is 0 Å². The third-order valence-corrected chi connectivity index (χ3v) is 5.36. The van der Waals surface area contributed by atoms with E-state index in [2.05, 4.69) is 10.2 Å². The van der Waals surface area contributed by atoms with Crippen LogP contribution in [0.2, 0.25) is 0 Å². The number of ether oxygens (including phenoxy) is 1. The van der Waals surface area contributed by atoms with E-state index in [9.17, 15) is 4.79 Å². The molecule has 1 saturated heterocycles. The summed E-state index contributed by atoms with van der Waals surface area (Å²) in [5, 5.41) is 3.75. The van der Waals surface area contributed by atoms with Crippen molar-refractivity contribution in [3.63, 3.8) is 0 Å². The minimum Gasteiger partial charge on any atom is -0.465 e. The summed E-state index contributed by atoms with van der Waals surface area (Å²) in [6.45, 7) is 4.29. The van der Waals surface area contributed by atoms with Gasteiger partial charge in [-0.2, -0.15) is 0 Å². The van der Waals surface area contributed by atoms with Crippen LogP contribution in [0.3, 0.4) is 0 Å². The number of hydrogen-bond donors (Lipinski definition) is 1. The van der Waals surface area contributed by atoms with Gasteiger partial charge in [0.25, 0.3) is 0 Å². The van der Waals surface area contributed by atoms with Crippen molar-refractivity contribution >= 4 is 5.97 Å². The third-order valence-electron chi connectivity index (χ3n) is 5.36. The number of rotatable bonds is 5. The van der Waals surface area contributed by atoms with Crippen LogP contribution < -0.4 is 5.32 Å². The normalized spacial score (nSPS) is 32.0. The number of nitrogens with one attached hydrogen (secondary N) is 1. The first kappa shape index (κ1) is 15.3. The van der Waals surface area contributed by atoms with E-state index in [1.807, 2.05) is 6.92 Å². The molecule has 21 heavy (non-hydrogen) atoms. The van der Waals surface area contributed by atoms with Gasteiger partial charge in [0.05, 0.1) is 6.61 Å². The molecule has 0 aromatic heterocycles. The van der Waals surface area contributed by atoms with Gasteiger partial charge in [0.15, 0.2) is 0 Å². The quantitative estimate of drug-likeness (QED) is 0.625. The molecule has 0 amide bonds. The highest BCUT2D eigenvalue weighted by Gasteiger charge is 2.49. The Morgan fingerprint density at radius 3 is 2.52 bits per heavy atom. The van der Waals surface area contributed by atoms with Crippen LogP contribution in [-0.4, -0.2) is 48.2 Å². The Morgan fingerprint density at radius 1 is 1.19 bits per heavy atom. The molecule has 2 aliphatic carbocycles. The Kier molecular flexibility index (Phi) is 4.85. The lowest BCUT2D eigenvalue weighted by Gasteiger charge is -2.33. The van der Waals surface area contributed by atoms with Gasteiger partial charge in [0.2, 0.25) is 0 Å². The summed E-state index contributed by atoms with van der Waals surface area (Å²) in [4.78, 5) is 15.1. The third kappa shape index (κ3) is 3.59. The fourth-order valence-corrected chi connectivity index (χ4v) is 4.02. The van der Waals surface area contributed by atoms with Gasteiger partial charge >= 0.3 is 5.97 Å². The van der Waals surface area contributed by atoms with Gasteiger partial charge in [0, 0.05) is 25.2 Å². The van der Waals surface area contributed by atoms with Crippen LogP contribution in [0, 0.1) is 0 Å². The number of esters is 1. The van der Waals surface area contributed by atoms with Gasteiger partial charge in [-0.05, 0) is 39.0 Å². The monoisotopic (exact) mass is 294 g/mol. The predicted molar refractivity (Wildman–Crippen MR) is 83.2 cm³/mol. The lowest BCUT2D eigenvalue weighted by Crippen LogP contribution is -2.58. The molecule has 4 nitrogen and oxygen atoms in total. The van der Waals surface area contributed by atoms with E-state index in [4.69, 9.17) is 4.74 Å². The van der Waals surface area contributed by atoms with Gasteiger partial charge in [-0.3, -0.25) is 10.2 Å². The van der Waals surface area contributed by atoms with Crippen LogP contribution in [0.1, 0.15) is 64.7 Å². The zero-order valence-electron chi connectivity index (χ0n) is 13.4. The summed E-state index contributed by atoms with van der Waals surface area (Å²) in [5.74, 6) is -0.0163. The Hall–Kier alpha value is -0.610. The van der Waals surface area contributed by atoms with Gasteiger partial charge < -0.3 is 4.74 Å². The van der Waals surface area contributed by atoms with Crippen molar-refractivity contribution in [2.24, 2.45) is 0 Å². The molecule has 0 aromatic rings. The summed E-state index contributed by atoms with van der Waals surface area (Å²) in [7, 11) is 0. The SMILES string of the molecule is CCOC(=O)C1(NC2CCCCCC2)CCN(C2CC2)C1. The van der Waals surface area contributed by atoms with Crippen molar-refractivity contribution in [3.05, 3.63) is 0 Å². The Labute approximate surface area is 128 Å². The number of carbonyl (C=O) groups excluding carboxylic acids is 1. The van der Waals surface area contributed by atoms with Crippen molar-refractivity contribution in [1.82, 2.24) is 10.2 Å². The number of carbonyl (C=O) groups is 1. The van der Waals surface area contributed by atoms with E-state index in [0.29, 0.717) is 12.6 Å². The molecule has 1 unspecified atom stereocenters. The van der Waals surface area contributed by atoms with Crippen molar-refractivity contribution in [2.75, 3.05) is 19.7 Å². The zero-order valence-corrected chi connectivity index (χ0v) is 13.4. The smallest absolute Gasteiger partial charge is 0.327 e. The van der Waals surface area contributed by atoms with Crippen LogP contribution in [0.4, 0.5) is 0 Å². The second kappa shape index (κ2) is 6.66. The Balaban J connectivity index is 1.67. The summed E-state index contributed by atoms with van der Waals surface area (Å²) >= 11 is 0. The minimum absolute atomic E-state index is 0.0163. The van der Waals surface area contributed by atoms with Crippen molar-refractivity contribution in [3.8, 4) is 0 Å². The lowest BCUT2D eigenvalue weighted by atomic mass is 9.95. The molecule has 3 rings (SSSR count). The summed E-state index contributed by atoms with van der Waals surface area (Å²) in [6.07, 6.45) is 11.2. The number of likely N-dealkylation sites (tertiary alicyclic amines) is 1. The second-order valence-corrected chi connectivity index (χ2v) is 7.09. The lowest BCUT2D eigenvalue weighted by molar-refractivity contribution is -0.151. The van der Waals surface area contributed by atoms with E-state index < -0.39 is 5.54 Å². The predicted octanol–water partition coefficient (Wildman–Crippen LogP) is 2.47. The Morgan fingerprint density at radius 2 is 1.90 bits per heavy atom. The van der Waals surface area contributed by atoms with Crippen LogP contribution in [0.15, 0.2) is 0 Å². The highest BCUT2D eigenvalue weighted by molar-refractivity contribution is 5.82. The summed E-state index contributed by atoms with van der Waals surface area (Å²) in [5.41, 5.74) is -0.437. The average molecular weight is 294 g/mol. The van der Waals surface area contributed by atoms with Crippen LogP contribution >= 0.6 is 0 Å². The highest BCUT2D eigenvalue weighted by atomic mass is 16.5. The first-order valence-electron chi connectivity index (χ1n) is 8.92. The maximum Gasteiger partial charge on any atom is 0.327 e. The van der Waals surface area contributed by atoms with E-state index in [1.54, 1.807) is 0 Å². The molecular formula is C17H30N2O2. The topological polar surface area (TPSA) is 41.6 Å². The zero-order chi connectivity index (χ0) is 14.7. The molecule has 3 aliphatic rings. The van der Waals surface area contributed by atoms with E-state index in [-0.39, 0.29) is 5.97 Å². The molecule has 1 atom stereocenters. The van der Waals surface area contributed by atoms with E-state index in [0.717, 1.165) is 25.6 Å². The Bertz CT molecular complexity index is 362. The highest BCUT2D eigenvalue weighted by Crippen LogP contribution is 2.35. The largest absolute Gasteiger partial charge is 0.465 e. The molecule has 0 spiro atoms. The van der Waals surface area contributed by atoms with Gasteiger partial charge in [-0.1, -0.05) is 25.7 Å². The summed E-state index contributed by atoms with van der Waals surface area (Å²) in [6, 6.07) is 1.23. The van der Waals surface area contributed by atoms with Crippen molar-refractivity contribution in [2.45, 2.75) is 82.3 Å². The van der Waals surface area contributed by atoms with Gasteiger partial charge in [-0.25, -0.2) is 4.79 Å². The second-order valence-electron chi connectivity index (χ2n) is 7.09. The number of hydrogen-bond acceptors (Lipinski definition) is 4. The van der Waals surface area contributed by atoms with E-state index in [1.165, 1.54) is 51.4 Å². The molecule has 0 bridgehead atoms. The minimum atomic E-state index is -0.437. The fourth-order valence-electron chi connectivity index (χ4n) is 4.02. The molecule has 4 heteroatoms. The fraction of sp³-hybridized carbons (Fsp3) is 0.941. The molecule has 1 heterocycles. The summed E-state index contributed by atoms with van der Waals surface area (Å²) < 4.78 is 5.42. The van der Waals surface area contributed by atoms with E-state index >= 15 is 0 Å². The molecule has 0 aromatic carbocycles. The number of nitrogens with zero attached hydrogens (tertiary/aromatic N) is 1. The first-order chi connectivity index (χ1) is 10.2. The first-order valence-corrected chi connectivity index (χ1v) is 8.92. The maximum absolute atomic E-state index is 12.6. The van der Waals surface area contributed by atoms with Crippen molar-refractivity contribution < 1.29 is 9.53 Å².